The number of rotatable bonds is 8. The monoisotopic (exact) mass is 527 g/mol. The van der Waals surface area contributed by atoms with Crippen LogP contribution < -0.4 is 9.73 Å². The Morgan fingerprint density at radius 2 is 1.58 bits per heavy atom. The zero-order valence-electron chi connectivity index (χ0n) is 18.7. The highest BCUT2D eigenvalue weighted by Gasteiger charge is 2.27. The minimum absolute atomic E-state index is 0.111. The molecule has 3 aromatic carbocycles. The van der Waals surface area contributed by atoms with Gasteiger partial charge < -0.3 is 0 Å². The first-order valence-corrected chi connectivity index (χ1v) is 12.7. The standard InChI is InChI=1S/C25H26BrN3O3S/c1-18(2)20-11-15-23(16-12-20)29(33(31,32)24-7-5-4-6-8-24)17-25(30)28-27-19(3)21-9-13-22(26)14-10-21/h4-16,18H,17H2,1-3H3,(H,28,30)/b27-19-. The largest absolute Gasteiger partial charge is 0.271 e. The Balaban J connectivity index is 1.87. The van der Waals surface area contributed by atoms with Crippen molar-refractivity contribution in [2.24, 2.45) is 5.10 Å². The SMILES string of the molecule is C/C(=N/NC(=O)CN(c1ccc(C(C)C)cc1)S(=O)(=O)c1ccccc1)c1ccc(Br)cc1. The Kier molecular flexibility index (Phi) is 8.05. The average molecular weight is 528 g/mol. The van der Waals surface area contributed by atoms with Crippen LogP contribution >= 0.6 is 15.9 Å². The molecular formula is C25H26BrN3O3S. The maximum absolute atomic E-state index is 13.4. The van der Waals surface area contributed by atoms with E-state index in [2.05, 4.69) is 40.3 Å². The van der Waals surface area contributed by atoms with Gasteiger partial charge in [-0.2, -0.15) is 5.10 Å². The Hall–Kier alpha value is -2.97. The molecule has 172 valence electrons. The molecule has 6 nitrogen and oxygen atoms in total. The minimum atomic E-state index is -3.96. The average Bonchev–Trinajstić information content (AvgIpc) is 2.82. The lowest BCUT2D eigenvalue weighted by molar-refractivity contribution is -0.119. The molecule has 3 aromatic rings. The minimum Gasteiger partial charge on any atom is -0.271 e. The number of carbonyl (C=O) groups is 1. The number of halogens is 1. The molecule has 0 fully saturated rings. The fourth-order valence-corrected chi connectivity index (χ4v) is 4.83. The Morgan fingerprint density at radius 3 is 2.15 bits per heavy atom. The van der Waals surface area contributed by atoms with E-state index in [1.54, 1.807) is 37.3 Å². The first kappa shape index (κ1) is 24.7. The van der Waals surface area contributed by atoms with E-state index in [9.17, 15) is 13.2 Å². The lowest BCUT2D eigenvalue weighted by Gasteiger charge is -2.24. The summed E-state index contributed by atoms with van der Waals surface area (Å²) in [7, 11) is -3.96. The number of anilines is 1. The van der Waals surface area contributed by atoms with E-state index in [4.69, 9.17) is 0 Å². The van der Waals surface area contributed by atoms with E-state index in [0.29, 0.717) is 17.3 Å². The molecule has 0 bridgehead atoms. The van der Waals surface area contributed by atoms with Crippen LogP contribution in [0.2, 0.25) is 0 Å². The number of amides is 1. The van der Waals surface area contributed by atoms with Crippen LogP contribution in [0.25, 0.3) is 0 Å². The Bertz CT molecular complexity index is 1220. The van der Waals surface area contributed by atoms with E-state index in [0.717, 1.165) is 19.9 Å². The van der Waals surface area contributed by atoms with Crippen LogP contribution in [-0.4, -0.2) is 26.6 Å². The van der Waals surface area contributed by atoms with Gasteiger partial charge in [0.25, 0.3) is 15.9 Å². The number of hydrogen-bond acceptors (Lipinski definition) is 4. The zero-order valence-corrected chi connectivity index (χ0v) is 21.1. The van der Waals surface area contributed by atoms with E-state index in [1.165, 1.54) is 12.1 Å². The van der Waals surface area contributed by atoms with Crippen molar-refractivity contribution >= 4 is 43.3 Å². The van der Waals surface area contributed by atoms with Gasteiger partial charge >= 0.3 is 0 Å². The predicted octanol–water partition coefficient (Wildman–Crippen LogP) is 5.31. The molecule has 0 unspecified atom stereocenters. The van der Waals surface area contributed by atoms with Crippen LogP contribution in [0.1, 0.15) is 37.8 Å². The van der Waals surface area contributed by atoms with Crippen LogP contribution in [0.15, 0.2) is 93.3 Å². The summed E-state index contributed by atoms with van der Waals surface area (Å²) >= 11 is 3.38. The van der Waals surface area contributed by atoms with Gasteiger partial charge in [0.05, 0.1) is 16.3 Å². The lowest BCUT2D eigenvalue weighted by atomic mass is 10.0. The molecule has 33 heavy (non-hydrogen) atoms. The molecule has 0 spiro atoms. The van der Waals surface area contributed by atoms with E-state index < -0.39 is 22.5 Å². The van der Waals surface area contributed by atoms with Crippen molar-refractivity contribution in [3.8, 4) is 0 Å². The highest BCUT2D eigenvalue weighted by molar-refractivity contribution is 9.10. The smallest absolute Gasteiger partial charge is 0.264 e. The van der Waals surface area contributed by atoms with Crippen LogP contribution in [0.4, 0.5) is 5.69 Å². The van der Waals surface area contributed by atoms with Gasteiger partial charge in [0.1, 0.15) is 6.54 Å². The summed E-state index contributed by atoms with van der Waals surface area (Å²) in [6.07, 6.45) is 0. The van der Waals surface area contributed by atoms with Gasteiger partial charge in [-0.15, -0.1) is 0 Å². The molecule has 8 heteroatoms. The fourth-order valence-electron chi connectivity index (χ4n) is 3.13. The van der Waals surface area contributed by atoms with E-state index >= 15 is 0 Å². The molecular weight excluding hydrogens is 502 g/mol. The normalized spacial score (nSPS) is 12.0. The zero-order chi connectivity index (χ0) is 24.0. The van der Waals surface area contributed by atoms with Crippen LogP contribution in [-0.2, 0) is 14.8 Å². The van der Waals surface area contributed by atoms with Crippen LogP contribution in [0.3, 0.4) is 0 Å². The number of benzene rings is 3. The van der Waals surface area contributed by atoms with Gasteiger partial charge in [0.2, 0.25) is 0 Å². The molecule has 3 rings (SSSR count). The third kappa shape index (κ3) is 6.30. The quantitative estimate of drug-likeness (QED) is 0.318. The Morgan fingerprint density at radius 1 is 0.970 bits per heavy atom. The number of nitrogens with zero attached hydrogens (tertiary/aromatic N) is 2. The molecule has 0 saturated heterocycles. The molecule has 0 atom stereocenters. The van der Waals surface area contributed by atoms with Crippen LogP contribution in [0.5, 0.6) is 0 Å². The van der Waals surface area contributed by atoms with Crippen molar-refractivity contribution in [3.05, 3.63) is 94.5 Å². The van der Waals surface area contributed by atoms with Crippen LogP contribution in [0, 0.1) is 0 Å². The van der Waals surface area contributed by atoms with Gasteiger partial charge in [-0.3, -0.25) is 9.10 Å². The molecule has 0 aliphatic heterocycles. The van der Waals surface area contributed by atoms with Gasteiger partial charge in [0, 0.05) is 4.47 Å². The summed E-state index contributed by atoms with van der Waals surface area (Å²) in [6, 6.07) is 22.8. The lowest BCUT2D eigenvalue weighted by Crippen LogP contribution is -2.39. The van der Waals surface area contributed by atoms with Gasteiger partial charge in [-0.05, 0) is 60.4 Å². The van der Waals surface area contributed by atoms with Crippen molar-refractivity contribution in [2.45, 2.75) is 31.6 Å². The molecule has 0 saturated carbocycles. The number of nitrogens with one attached hydrogen (secondary N) is 1. The van der Waals surface area contributed by atoms with Gasteiger partial charge in [-0.1, -0.05) is 72.2 Å². The number of sulfonamides is 1. The third-order valence-electron chi connectivity index (χ3n) is 5.08. The van der Waals surface area contributed by atoms with Crippen molar-refractivity contribution in [1.82, 2.24) is 5.43 Å². The Labute approximate surface area is 203 Å². The number of hydrazone groups is 1. The third-order valence-corrected chi connectivity index (χ3v) is 7.39. The number of carbonyl (C=O) groups excluding carboxylic acids is 1. The summed E-state index contributed by atoms with van der Waals surface area (Å²) in [6.45, 7) is 5.49. The first-order chi connectivity index (χ1) is 15.7. The van der Waals surface area contributed by atoms with E-state index in [-0.39, 0.29) is 4.90 Å². The van der Waals surface area contributed by atoms with Gasteiger partial charge in [-0.25, -0.2) is 13.8 Å². The fraction of sp³-hybridized carbons (Fsp3) is 0.200. The van der Waals surface area contributed by atoms with Gasteiger partial charge in [0.15, 0.2) is 0 Å². The molecule has 0 radical (unpaired) electrons. The molecule has 0 aliphatic carbocycles. The van der Waals surface area contributed by atoms with Crippen molar-refractivity contribution in [2.75, 3.05) is 10.8 Å². The van der Waals surface area contributed by atoms with Crippen molar-refractivity contribution < 1.29 is 13.2 Å². The number of hydrogen-bond donors (Lipinski definition) is 1. The summed E-state index contributed by atoms with van der Waals surface area (Å²) in [5.41, 5.74) is 5.42. The highest BCUT2D eigenvalue weighted by atomic mass is 79.9. The first-order valence-electron chi connectivity index (χ1n) is 10.5. The summed E-state index contributed by atoms with van der Waals surface area (Å²) < 4.78 is 28.8. The second-order valence-electron chi connectivity index (χ2n) is 7.81. The molecule has 1 amide bonds. The molecule has 0 aliphatic rings. The van der Waals surface area contributed by atoms with Crippen molar-refractivity contribution in [3.63, 3.8) is 0 Å². The maximum atomic E-state index is 13.4. The summed E-state index contributed by atoms with van der Waals surface area (Å²) in [4.78, 5) is 12.8. The maximum Gasteiger partial charge on any atom is 0.264 e. The summed E-state index contributed by atoms with van der Waals surface area (Å²) in [5.74, 6) is -0.239. The predicted molar refractivity (Wildman–Crippen MR) is 136 cm³/mol. The molecule has 0 heterocycles. The summed E-state index contributed by atoms with van der Waals surface area (Å²) in [5, 5.41) is 4.14. The topological polar surface area (TPSA) is 78.8 Å². The van der Waals surface area contributed by atoms with Crippen molar-refractivity contribution in [1.29, 1.82) is 0 Å². The molecule has 1 N–H and O–H groups in total. The second kappa shape index (κ2) is 10.8. The van der Waals surface area contributed by atoms with E-state index in [1.807, 2.05) is 36.4 Å². The molecule has 0 aromatic heterocycles. The highest BCUT2D eigenvalue weighted by Crippen LogP contribution is 2.25. The second-order valence-corrected chi connectivity index (χ2v) is 10.6.